The predicted molar refractivity (Wildman–Crippen MR) is 103 cm³/mol. The summed E-state index contributed by atoms with van der Waals surface area (Å²) in [4.78, 5) is 12.7. The van der Waals surface area contributed by atoms with Crippen molar-refractivity contribution in [2.45, 2.75) is 32.5 Å². The summed E-state index contributed by atoms with van der Waals surface area (Å²) in [5.41, 5.74) is 7.60. The fraction of sp³-hybridized carbons (Fsp3) is 0.250. The number of nitrogens with one attached hydrogen (secondary N) is 1. The molecule has 4 rings (SSSR count). The number of benzene rings is 2. The van der Waals surface area contributed by atoms with Crippen LogP contribution in [0.4, 0.5) is 17.6 Å². The molecular formula is C20H21N5O2. The zero-order valence-electron chi connectivity index (χ0n) is 15.3. The molecule has 7 heteroatoms. The Balaban J connectivity index is 1.51. The van der Waals surface area contributed by atoms with Crippen LogP contribution in [0.2, 0.25) is 0 Å². The summed E-state index contributed by atoms with van der Waals surface area (Å²) >= 11 is 0. The van der Waals surface area contributed by atoms with Crippen LogP contribution in [0.1, 0.15) is 25.2 Å². The Morgan fingerprint density at radius 1 is 1.07 bits per heavy atom. The second-order valence-corrected chi connectivity index (χ2v) is 7.00. The van der Waals surface area contributed by atoms with Crippen LogP contribution in [0.15, 0.2) is 48.5 Å². The molecule has 3 N–H and O–H groups in total. The van der Waals surface area contributed by atoms with E-state index in [1.54, 1.807) is 0 Å². The number of hydrogen-bond acceptors (Lipinski definition) is 7. The molecule has 2 heterocycles. The zero-order valence-corrected chi connectivity index (χ0v) is 15.3. The zero-order chi connectivity index (χ0) is 18.9. The first kappa shape index (κ1) is 17.1. The molecule has 0 unspecified atom stereocenters. The molecule has 3 aromatic rings. The number of ether oxygens (including phenoxy) is 2. The second kappa shape index (κ2) is 6.75. The minimum atomic E-state index is -0.230. The molecular weight excluding hydrogens is 342 g/mol. The van der Waals surface area contributed by atoms with E-state index in [1.807, 2.05) is 42.5 Å². The Labute approximate surface area is 157 Å². The van der Waals surface area contributed by atoms with Crippen LogP contribution in [-0.4, -0.2) is 20.6 Å². The van der Waals surface area contributed by atoms with Gasteiger partial charge in [-0.15, -0.1) is 0 Å². The SMILES string of the molecule is CC1(C)Cc2cccc(OCc3nc(N)nc(Nc4ccccc4)n3)c2O1. The van der Waals surface area contributed by atoms with E-state index in [-0.39, 0.29) is 18.2 Å². The van der Waals surface area contributed by atoms with Crippen LogP contribution in [0.3, 0.4) is 0 Å². The number of nitrogens with two attached hydrogens (primary N) is 1. The van der Waals surface area contributed by atoms with E-state index in [0.717, 1.165) is 23.4 Å². The maximum Gasteiger partial charge on any atom is 0.232 e. The van der Waals surface area contributed by atoms with Crippen molar-refractivity contribution < 1.29 is 9.47 Å². The quantitative estimate of drug-likeness (QED) is 0.716. The van der Waals surface area contributed by atoms with E-state index in [4.69, 9.17) is 15.2 Å². The molecule has 7 nitrogen and oxygen atoms in total. The van der Waals surface area contributed by atoms with Gasteiger partial charge in [-0.2, -0.15) is 15.0 Å². The number of para-hydroxylation sites is 2. The van der Waals surface area contributed by atoms with Crippen molar-refractivity contribution in [1.29, 1.82) is 0 Å². The molecule has 0 amide bonds. The largest absolute Gasteiger partial charge is 0.483 e. The average Bonchev–Trinajstić information content (AvgIpc) is 2.95. The van der Waals surface area contributed by atoms with E-state index < -0.39 is 0 Å². The van der Waals surface area contributed by atoms with Crippen LogP contribution >= 0.6 is 0 Å². The van der Waals surface area contributed by atoms with Gasteiger partial charge in [-0.3, -0.25) is 0 Å². The topological polar surface area (TPSA) is 95.2 Å². The highest BCUT2D eigenvalue weighted by Gasteiger charge is 2.32. The van der Waals surface area contributed by atoms with Crippen molar-refractivity contribution in [3.63, 3.8) is 0 Å². The van der Waals surface area contributed by atoms with Crippen molar-refractivity contribution in [3.8, 4) is 11.5 Å². The molecule has 0 fully saturated rings. The third-order valence-electron chi connectivity index (χ3n) is 4.14. The lowest BCUT2D eigenvalue weighted by molar-refractivity contribution is 0.131. The fourth-order valence-corrected chi connectivity index (χ4v) is 3.05. The van der Waals surface area contributed by atoms with Crippen molar-refractivity contribution in [2.24, 2.45) is 0 Å². The van der Waals surface area contributed by atoms with Gasteiger partial charge in [-0.05, 0) is 32.0 Å². The molecule has 0 bridgehead atoms. The molecule has 2 aromatic carbocycles. The van der Waals surface area contributed by atoms with Crippen LogP contribution < -0.4 is 20.5 Å². The van der Waals surface area contributed by atoms with Crippen LogP contribution in [0.5, 0.6) is 11.5 Å². The number of rotatable bonds is 5. The number of anilines is 3. The van der Waals surface area contributed by atoms with Gasteiger partial charge < -0.3 is 20.5 Å². The highest BCUT2D eigenvalue weighted by molar-refractivity contribution is 5.53. The molecule has 138 valence electrons. The third-order valence-corrected chi connectivity index (χ3v) is 4.14. The summed E-state index contributed by atoms with van der Waals surface area (Å²) in [6, 6.07) is 15.5. The number of hydrogen-bond donors (Lipinski definition) is 2. The Hall–Kier alpha value is -3.35. The van der Waals surface area contributed by atoms with Gasteiger partial charge in [0.1, 0.15) is 12.2 Å². The summed E-state index contributed by atoms with van der Waals surface area (Å²) in [5, 5.41) is 3.11. The fourth-order valence-electron chi connectivity index (χ4n) is 3.05. The number of nitrogens with zero attached hydrogens (tertiary/aromatic N) is 3. The monoisotopic (exact) mass is 363 g/mol. The number of nitrogen functional groups attached to an aromatic ring is 1. The minimum absolute atomic E-state index is 0.137. The van der Waals surface area contributed by atoms with Gasteiger partial charge >= 0.3 is 0 Å². The molecule has 1 aromatic heterocycles. The van der Waals surface area contributed by atoms with Crippen LogP contribution in [0, 0.1) is 0 Å². The van der Waals surface area contributed by atoms with Crippen molar-refractivity contribution in [3.05, 3.63) is 59.9 Å². The number of fused-ring (bicyclic) bond motifs is 1. The summed E-state index contributed by atoms with van der Waals surface area (Å²) in [6.45, 7) is 4.28. The molecule has 0 aliphatic carbocycles. The molecule has 27 heavy (non-hydrogen) atoms. The van der Waals surface area contributed by atoms with Crippen LogP contribution in [-0.2, 0) is 13.0 Å². The third kappa shape index (κ3) is 3.92. The Bertz CT molecular complexity index is 960. The first-order valence-electron chi connectivity index (χ1n) is 8.75. The Kier molecular flexibility index (Phi) is 4.27. The molecule has 0 atom stereocenters. The maximum absolute atomic E-state index is 6.03. The van der Waals surface area contributed by atoms with Gasteiger partial charge in [0.2, 0.25) is 11.9 Å². The summed E-state index contributed by atoms with van der Waals surface area (Å²) in [7, 11) is 0. The normalized spacial score (nSPS) is 14.3. The molecule has 0 saturated heterocycles. The molecule has 0 saturated carbocycles. The van der Waals surface area contributed by atoms with Crippen LogP contribution in [0.25, 0.3) is 0 Å². The number of aromatic nitrogens is 3. The average molecular weight is 363 g/mol. The standard InChI is InChI=1S/C20H21N5O2/c1-20(2)11-13-7-6-10-15(17(13)27-20)26-12-16-23-18(21)25-19(24-16)22-14-8-4-3-5-9-14/h3-10H,11-12H2,1-2H3,(H3,21,22,23,24,25). The minimum Gasteiger partial charge on any atom is -0.483 e. The first-order valence-corrected chi connectivity index (χ1v) is 8.75. The van der Waals surface area contributed by atoms with Gasteiger partial charge in [0, 0.05) is 17.7 Å². The highest BCUT2D eigenvalue weighted by atomic mass is 16.5. The van der Waals surface area contributed by atoms with Gasteiger partial charge in [0.25, 0.3) is 0 Å². The molecule has 1 aliphatic rings. The van der Waals surface area contributed by atoms with Gasteiger partial charge in [0.15, 0.2) is 17.3 Å². The van der Waals surface area contributed by atoms with Gasteiger partial charge in [0.05, 0.1) is 0 Å². The van der Waals surface area contributed by atoms with E-state index in [2.05, 4.69) is 40.2 Å². The van der Waals surface area contributed by atoms with Crippen molar-refractivity contribution in [2.75, 3.05) is 11.1 Å². The second-order valence-electron chi connectivity index (χ2n) is 7.00. The smallest absolute Gasteiger partial charge is 0.232 e. The van der Waals surface area contributed by atoms with Gasteiger partial charge in [-0.25, -0.2) is 0 Å². The maximum atomic E-state index is 6.03. The summed E-state index contributed by atoms with van der Waals surface area (Å²) in [6.07, 6.45) is 0.851. The Morgan fingerprint density at radius 3 is 2.70 bits per heavy atom. The van der Waals surface area contributed by atoms with E-state index in [9.17, 15) is 0 Å². The Morgan fingerprint density at radius 2 is 1.89 bits per heavy atom. The first-order chi connectivity index (χ1) is 13.0. The summed E-state index contributed by atoms with van der Waals surface area (Å²) in [5.74, 6) is 2.42. The highest BCUT2D eigenvalue weighted by Crippen LogP contribution is 2.41. The van der Waals surface area contributed by atoms with Gasteiger partial charge in [-0.1, -0.05) is 30.3 Å². The predicted octanol–water partition coefficient (Wildman–Crippen LogP) is 3.49. The lowest BCUT2D eigenvalue weighted by atomic mass is 10.0. The molecule has 0 spiro atoms. The molecule has 0 radical (unpaired) electrons. The van der Waals surface area contributed by atoms with Crippen molar-refractivity contribution >= 4 is 17.6 Å². The van der Waals surface area contributed by atoms with Crippen molar-refractivity contribution in [1.82, 2.24) is 15.0 Å². The lowest BCUT2D eigenvalue weighted by Crippen LogP contribution is -2.24. The van der Waals surface area contributed by atoms with E-state index in [0.29, 0.717) is 17.5 Å². The molecule has 1 aliphatic heterocycles. The summed E-state index contributed by atoms with van der Waals surface area (Å²) < 4.78 is 12.0. The van der Waals surface area contributed by atoms with E-state index >= 15 is 0 Å². The van der Waals surface area contributed by atoms with E-state index in [1.165, 1.54) is 0 Å². The lowest BCUT2D eigenvalue weighted by Gasteiger charge is -2.18.